The third-order valence-electron chi connectivity index (χ3n) is 5.08. The minimum absolute atomic E-state index is 0.178. The molecule has 0 atom stereocenters. The van der Waals surface area contributed by atoms with Gasteiger partial charge in [-0.05, 0) is 77.6 Å². The Balaban J connectivity index is 1.94. The normalized spacial score (nSPS) is 17.2. The number of carbonyl (C=O) groups is 1. The second-order valence-corrected chi connectivity index (χ2v) is 10.9. The molecule has 0 unspecified atom stereocenters. The lowest BCUT2D eigenvalue weighted by Crippen LogP contribution is -2.19. The number of nitrogens with zero attached hydrogens (tertiary/aromatic N) is 1. The zero-order valence-corrected chi connectivity index (χ0v) is 20.7. The highest BCUT2D eigenvalue weighted by Crippen LogP contribution is 2.40. The predicted molar refractivity (Wildman–Crippen MR) is 134 cm³/mol. The molecule has 1 heterocycles. The molecule has 1 aliphatic heterocycles. The minimum atomic E-state index is -0.232. The Morgan fingerprint density at radius 1 is 1.03 bits per heavy atom. The number of hydrogen-bond acceptors (Lipinski definition) is 5. The van der Waals surface area contributed by atoms with Crippen molar-refractivity contribution in [1.82, 2.24) is 5.32 Å². The summed E-state index contributed by atoms with van der Waals surface area (Å²) in [5, 5.41) is 14.3. The van der Waals surface area contributed by atoms with E-state index in [2.05, 4.69) is 51.9 Å². The summed E-state index contributed by atoms with van der Waals surface area (Å²) in [6, 6.07) is 11.4. The lowest BCUT2D eigenvalue weighted by molar-refractivity contribution is -0.115. The number of aliphatic imine (C=N–C) groups is 1. The Hall–Kier alpha value is -2.73. The molecule has 0 aliphatic carbocycles. The van der Waals surface area contributed by atoms with Crippen molar-refractivity contribution in [2.75, 3.05) is 6.61 Å². The van der Waals surface area contributed by atoms with Gasteiger partial charge in [-0.15, -0.1) is 0 Å². The Labute approximate surface area is 195 Å². The maximum absolute atomic E-state index is 12.6. The molecule has 6 heteroatoms. The number of rotatable bonds is 4. The van der Waals surface area contributed by atoms with Gasteiger partial charge in [0.1, 0.15) is 11.5 Å². The van der Waals surface area contributed by atoms with Gasteiger partial charge >= 0.3 is 0 Å². The van der Waals surface area contributed by atoms with E-state index in [0.717, 1.165) is 28.1 Å². The summed E-state index contributed by atoms with van der Waals surface area (Å²) in [5.74, 6) is 0.938. The first kappa shape index (κ1) is 23.9. The number of amidine groups is 1. The highest BCUT2D eigenvalue weighted by atomic mass is 32.2. The van der Waals surface area contributed by atoms with Crippen molar-refractivity contribution in [2.24, 2.45) is 4.99 Å². The molecule has 3 rings (SSSR count). The van der Waals surface area contributed by atoms with Crippen molar-refractivity contribution in [1.29, 1.82) is 0 Å². The smallest absolute Gasteiger partial charge is 0.264 e. The molecule has 0 saturated carbocycles. The predicted octanol–water partition coefficient (Wildman–Crippen LogP) is 6.28. The van der Waals surface area contributed by atoms with Gasteiger partial charge in [-0.2, -0.15) is 0 Å². The van der Waals surface area contributed by atoms with Crippen LogP contribution in [0.2, 0.25) is 0 Å². The number of nitrogens with one attached hydrogen (secondary N) is 1. The van der Waals surface area contributed by atoms with E-state index in [-0.39, 0.29) is 16.7 Å². The largest absolute Gasteiger partial charge is 0.507 e. The quantitative estimate of drug-likeness (QED) is 0.536. The van der Waals surface area contributed by atoms with E-state index in [0.29, 0.717) is 22.4 Å². The summed E-state index contributed by atoms with van der Waals surface area (Å²) < 4.78 is 5.46. The lowest BCUT2D eigenvalue weighted by atomic mass is 9.78. The molecule has 2 aromatic rings. The van der Waals surface area contributed by atoms with E-state index in [9.17, 15) is 9.90 Å². The van der Waals surface area contributed by atoms with Crippen molar-refractivity contribution < 1.29 is 14.6 Å². The van der Waals surface area contributed by atoms with Crippen LogP contribution in [0.1, 0.15) is 65.2 Å². The van der Waals surface area contributed by atoms with Gasteiger partial charge in [0.15, 0.2) is 5.17 Å². The second kappa shape index (κ2) is 9.02. The molecule has 2 aromatic carbocycles. The van der Waals surface area contributed by atoms with Crippen LogP contribution in [0.25, 0.3) is 6.08 Å². The van der Waals surface area contributed by atoms with Crippen LogP contribution in [0.3, 0.4) is 0 Å². The maximum Gasteiger partial charge on any atom is 0.264 e. The topological polar surface area (TPSA) is 70.9 Å². The monoisotopic (exact) mass is 452 g/mol. The number of phenolic OH excluding ortho intramolecular Hbond substituents is 1. The molecule has 0 spiro atoms. The summed E-state index contributed by atoms with van der Waals surface area (Å²) in [6.45, 7) is 15.0. The standard InChI is InChI=1S/C26H32N2O3S/c1-8-31-18-11-9-17(10-12-18)27-24-28-23(30)21(32-24)15-16-13-19(25(2,3)4)22(29)20(14-16)26(5,6)7/h9-15,29H,8H2,1-7H3,(H,27,28,30)/b21-15+. The van der Waals surface area contributed by atoms with Gasteiger partial charge < -0.3 is 15.2 Å². The number of amides is 1. The van der Waals surface area contributed by atoms with E-state index in [1.807, 2.05) is 49.4 Å². The first-order chi connectivity index (χ1) is 14.9. The van der Waals surface area contributed by atoms with E-state index in [1.165, 1.54) is 11.8 Å². The summed E-state index contributed by atoms with van der Waals surface area (Å²) in [6.07, 6.45) is 1.87. The zero-order chi connectivity index (χ0) is 23.7. The molecular formula is C26H32N2O3S. The van der Waals surface area contributed by atoms with Crippen LogP contribution in [0.5, 0.6) is 11.5 Å². The molecule has 1 fully saturated rings. The highest BCUT2D eigenvalue weighted by molar-refractivity contribution is 8.18. The average Bonchev–Trinajstić information content (AvgIpc) is 3.02. The van der Waals surface area contributed by atoms with Crippen molar-refractivity contribution >= 4 is 34.6 Å². The van der Waals surface area contributed by atoms with Crippen LogP contribution in [0, 0.1) is 0 Å². The van der Waals surface area contributed by atoms with Crippen LogP contribution in [-0.4, -0.2) is 22.8 Å². The Bertz CT molecular complexity index is 1040. The van der Waals surface area contributed by atoms with Crippen LogP contribution < -0.4 is 10.1 Å². The summed E-state index contributed by atoms with van der Waals surface area (Å²) in [4.78, 5) is 17.7. The number of ether oxygens (including phenoxy) is 1. The molecule has 2 N–H and O–H groups in total. The van der Waals surface area contributed by atoms with Crippen LogP contribution in [0.4, 0.5) is 5.69 Å². The fraction of sp³-hybridized carbons (Fsp3) is 0.385. The Morgan fingerprint density at radius 2 is 1.59 bits per heavy atom. The van der Waals surface area contributed by atoms with Crippen molar-refractivity contribution in [3.8, 4) is 11.5 Å². The van der Waals surface area contributed by atoms with E-state index in [4.69, 9.17) is 4.74 Å². The number of hydrogen-bond donors (Lipinski definition) is 2. The van der Waals surface area contributed by atoms with Crippen molar-refractivity contribution in [3.63, 3.8) is 0 Å². The minimum Gasteiger partial charge on any atom is -0.507 e. The second-order valence-electron chi connectivity index (χ2n) is 9.87. The molecule has 0 bridgehead atoms. The van der Waals surface area contributed by atoms with Gasteiger partial charge in [0, 0.05) is 11.1 Å². The van der Waals surface area contributed by atoms with Crippen LogP contribution in [-0.2, 0) is 15.6 Å². The van der Waals surface area contributed by atoms with Gasteiger partial charge in [0.25, 0.3) is 5.91 Å². The molecule has 32 heavy (non-hydrogen) atoms. The van der Waals surface area contributed by atoms with E-state index < -0.39 is 0 Å². The number of phenols is 1. The molecule has 1 saturated heterocycles. The molecule has 0 aromatic heterocycles. The van der Waals surface area contributed by atoms with Gasteiger partial charge in [-0.25, -0.2) is 4.99 Å². The highest BCUT2D eigenvalue weighted by Gasteiger charge is 2.28. The Morgan fingerprint density at radius 3 is 2.09 bits per heavy atom. The van der Waals surface area contributed by atoms with Gasteiger partial charge in [-0.3, -0.25) is 4.79 Å². The molecule has 1 aliphatic rings. The summed E-state index contributed by atoms with van der Waals surface area (Å²) in [7, 11) is 0. The van der Waals surface area contributed by atoms with Crippen LogP contribution >= 0.6 is 11.8 Å². The Kier molecular flexibility index (Phi) is 6.75. The molecule has 0 radical (unpaired) electrons. The number of carbonyl (C=O) groups excluding carboxylic acids is 1. The maximum atomic E-state index is 12.6. The third kappa shape index (κ3) is 5.54. The zero-order valence-electron chi connectivity index (χ0n) is 19.9. The summed E-state index contributed by atoms with van der Waals surface area (Å²) >= 11 is 1.31. The average molecular weight is 453 g/mol. The number of benzene rings is 2. The van der Waals surface area contributed by atoms with Gasteiger partial charge in [0.05, 0.1) is 17.2 Å². The molecular weight excluding hydrogens is 420 g/mol. The summed E-state index contributed by atoms with van der Waals surface area (Å²) in [5.41, 5.74) is 2.89. The molecule has 5 nitrogen and oxygen atoms in total. The van der Waals surface area contributed by atoms with Gasteiger partial charge in [-0.1, -0.05) is 41.5 Å². The van der Waals surface area contributed by atoms with E-state index >= 15 is 0 Å². The van der Waals surface area contributed by atoms with Crippen molar-refractivity contribution in [3.05, 3.63) is 58.0 Å². The fourth-order valence-corrected chi connectivity index (χ4v) is 4.26. The lowest BCUT2D eigenvalue weighted by Gasteiger charge is -2.28. The van der Waals surface area contributed by atoms with Crippen molar-refractivity contribution in [2.45, 2.75) is 59.3 Å². The number of aromatic hydroxyl groups is 1. The first-order valence-electron chi connectivity index (χ1n) is 10.8. The number of thioether (sulfide) groups is 1. The first-order valence-corrected chi connectivity index (χ1v) is 11.6. The van der Waals surface area contributed by atoms with Crippen LogP contribution in [0.15, 0.2) is 46.3 Å². The molecule has 170 valence electrons. The van der Waals surface area contributed by atoms with Gasteiger partial charge in [0.2, 0.25) is 0 Å². The third-order valence-corrected chi connectivity index (χ3v) is 5.99. The molecule has 1 amide bonds. The fourth-order valence-electron chi connectivity index (χ4n) is 3.42. The SMILES string of the molecule is CCOc1ccc(N=C2NC(=O)/C(=C\c3cc(C(C)(C)C)c(O)c(C(C)(C)C)c3)S2)cc1. The van der Waals surface area contributed by atoms with E-state index in [1.54, 1.807) is 0 Å².